The first-order valence-corrected chi connectivity index (χ1v) is 10.6. The summed E-state index contributed by atoms with van der Waals surface area (Å²) in [5.74, 6) is 0.216. The molecular weight excluding hydrogens is 360 g/mol. The van der Waals surface area contributed by atoms with Crippen molar-refractivity contribution in [3.8, 4) is 0 Å². The van der Waals surface area contributed by atoms with Crippen LogP contribution in [0.1, 0.15) is 25.8 Å². The highest BCUT2D eigenvalue weighted by atomic mass is 35.5. The van der Waals surface area contributed by atoms with Crippen LogP contribution in [0.3, 0.4) is 0 Å². The van der Waals surface area contributed by atoms with Crippen LogP contribution < -0.4 is 10.5 Å². The van der Waals surface area contributed by atoms with Gasteiger partial charge in [-0.2, -0.15) is 0 Å². The molecule has 1 atom stereocenters. The molecule has 23 heavy (non-hydrogen) atoms. The molecule has 0 heterocycles. The molecule has 1 unspecified atom stereocenters. The van der Waals surface area contributed by atoms with Gasteiger partial charge in [-0.05, 0) is 30.0 Å². The van der Waals surface area contributed by atoms with Gasteiger partial charge in [-0.1, -0.05) is 26.0 Å². The monoisotopic (exact) mass is 384 g/mol. The summed E-state index contributed by atoms with van der Waals surface area (Å²) < 4.78 is 49.6. The zero-order chi connectivity index (χ0) is 17.0. The van der Waals surface area contributed by atoms with Crippen molar-refractivity contribution in [1.82, 2.24) is 4.72 Å². The summed E-state index contributed by atoms with van der Waals surface area (Å²) in [6.07, 6.45) is 1.79. The third-order valence-electron chi connectivity index (χ3n) is 3.02. The van der Waals surface area contributed by atoms with Gasteiger partial charge in [-0.15, -0.1) is 12.4 Å². The van der Waals surface area contributed by atoms with Gasteiger partial charge >= 0.3 is 0 Å². The fourth-order valence-corrected chi connectivity index (χ4v) is 4.18. The number of sulfonamides is 1. The number of rotatable bonds is 8. The molecule has 0 saturated carbocycles. The molecule has 0 spiro atoms. The first kappa shape index (κ1) is 22.3. The molecule has 0 radical (unpaired) electrons. The topological polar surface area (TPSA) is 106 Å². The molecular formula is C14H25ClN2O4S2. The van der Waals surface area contributed by atoms with Gasteiger partial charge in [-0.3, -0.25) is 0 Å². The number of nitrogens with two attached hydrogens (primary N) is 1. The molecule has 1 aromatic rings. The summed E-state index contributed by atoms with van der Waals surface area (Å²) >= 11 is 0. The SMILES string of the molecule is CC(C)CC(CN)NS(=O)(=O)c1ccc(CS(C)(=O)=O)cc1.Cl. The number of benzene rings is 1. The van der Waals surface area contributed by atoms with Gasteiger partial charge < -0.3 is 5.73 Å². The number of sulfone groups is 1. The molecule has 0 fully saturated rings. The number of halogens is 1. The van der Waals surface area contributed by atoms with Crippen molar-refractivity contribution in [2.45, 2.75) is 37.0 Å². The zero-order valence-electron chi connectivity index (χ0n) is 13.5. The van der Waals surface area contributed by atoms with Crippen molar-refractivity contribution in [1.29, 1.82) is 0 Å². The van der Waals surface area contributed by atoms with Gasteiger partial charge in [0.15, 0.2) is 9.84 Å². The van der Waals surface area contributed by atoms with Gasteiger partial charge in [0.05, 0.1) is 10.6 Å². The summed E-state index contributed by atoms with van der Waals surface area (Å²) in [4.78, 5) is 0.104. The summed E-state index contributed by atoms with van der Waals surface area (Å²) in [5, 5.41) is 0. The van der Waals surface area contributed by atoms with E-state index in [2.05, 4.69) is 4.72 Å². The van der Waals surface area contributed by atoms with Crippen LogP contribution in [-0.4, -0.2) is 35.7 Å². The lowest BCUT2D eigenvalue weighted by atomic mass is 10.1. The van der Waals surface area contributed by atoms with E-state index in [-0.39, 0.29) is 35.6 Å². The van der Waals surface area contributed by atoms with E-state index in [9.17, 15) is 16.8 Å². The Bertz CT molecular complexity index is 686. The molecule has 0 amide bonds. The Balaban J connectivity index is 0.00000484. The molecule has 0 aromatic heterocycles. The molecule has 3 N–H and O–H groups in total. The summed E-state index contributed by atoms with van der Waals surface area (Å²) in [6, 6.07) is 5.52. The predicted molar refractivity (Wildman–Crippen MR) is 94.9 cm³/mol. The maximum Gasteiger partial charge on any atom is 0.240 e. The van der Waals surface area contributed by atoms with Crippen LogP contribution in [0.15, 0.2) is 29.2 Å². The van der Waals surface area contributed by atoms with Gasteiger partial charge in [0.2, 0.25) is 10.0 Å². The summed E-state index contributed by atoms with van der Waals surface area (Å²) in [5.41, 5.74) is 6.16. The Labute approximate surface area is 145 Å². The molecule has 1 aromatic carbocycles. The lowest BCUT2D eigenvalue weighted by molar-refractivity contribution is 0.465. The lowest BCUT2D eigenvalue weighted by Crippen LogP contribution is -2.40. The van der Waals surface area contributed by atoms with Crippen LogP contribution in [0.2, 0.25) is 0 Å². The molecule has 134 valence electrons. The van der Waals surface area contributed by atoms with E-state index in [1.165, 1.54) is 24.3 Å². The van der Waals surface area contributed by atoms with E-state index in [0.717, 1.165) is 6.26 Å². The molecule has 1 rings (SSSR count). The molecule has 9 heteroatoms. The largest absolute Gasteiger partial charge is 0.329 e. The Hall–Kier alpha value is -0.670. The van der Waals surface area contributed by atoms with Gasteiger partial charge in [0, 0.05) is 18.8 Å². The third-order valence-corrected chi connectivity index (χ3v) is 5.42. The average Bonchev–Trinajstić information content (AvgIpc) is 2.35. The summed E-state index contributed by atoms with van der Waals surface area (Å²) in [6.45, 7) is 4.22. The number of hydrogen-bond donors (Lipinski definition) is 2. The lowest BCUT2D eigenvalue weighted by Gasteiger charge is -2.18. The van der Waals surface area contributed by atoms with Crippen molar-refractivity contribution in [2.24, 2.45) is 11.7 Å². The minimum atomic E-state index is -3.66. The normalized spacial score (nSPS) is 13.6. The van der Waals surface area contributed by atoms with Crippen molar-refractivity contribution in [3.05, 3.63) is 29.8 Å². The standard InChI is InChI=1S/C14H24N2O4S2.ClH/c1-11(2)8-13(9-15)16-22(19,20)14-6-4-12(5-7-14)10-21(3,17)18;/h4-7,11,13,16H,8-10,15H2,1-3H3;1H. The van der Waals surface area contributed by atoms with E-state index in [4.69, 9.17) is 5.73 Å². The Morgan fingerprint density at radius 2 is 1.61 bits per heavy atom. The van der Waals surface area contributed by atoms with Crippen LogP contribution in [0, 0.1) is 5.92 Å². The highest BCUT2D eigenvalue weighted by molar-refractivity contribution is 7.90. The van der Waals surface area contributed by atoms with E-state index in [1.807, 2.05) is 13.8 Å². The third kappa shape index (κ3) is 8.12. The van der Waals surface area contributed by atoms with E-state index < -0.39 is 19.9 Å². The second-order valence-corrected chi connectivity index (χ2v) is 9.75. The van der Waals surface area contributed by atoms with E-state index >= 15 is 0 Å². The minimum Gasteiger partial charge on any atom is -0.329 e. The molecule has 0 saturated heterocycles. The minimum absolute atomic E-state index is 0. The predicted octanol–water partition coefficient (Wildman–Crippen LogP) is 1.30. The van der Waals surface area contributed by atoms with E-state index in [1.54, 1.807) is 0 Å². The van der Waals surface area contributed by atoms with Crippen LogP contribution in [0.4, 0.5) is 0 Å². The van der Waals surface area contributed by atoms with Crippen LogP contribution >= 0.6 is 12.4 Å². The van der Waals surface area contributed by atoms with Crippen molar-refractivity contribution < 1.29 is 16.8 Å². The van der Waals surface area contributed by atoms with Gasteiger partial charge in [0.25, 0.3) is 0 Å². The fraction of sp³-hybridized carbons (Fsp3) is 0.571. The number of nitrogens with one attached hydrogen (secondary N) is 1. The van der Waals surface area contributed by atoms with Crippen LogP contribution in [0.25, 0.3) is 0 Å². The highest BCUT2D eigenvalue weighted by Gasteiger charge is 2.20. The molecule has 0 bridgehead atoms. The Morgan fingerprint density at radius 1 is 1.09 bits per heavy atom. The fourth-order valence-electron chi connectivity index (χ4n) is 2.12. The first-order valence-electron chi connectivity index (χ1n) is 7.02. The quantitative estimate of drug-likeness (QED) is 0.702. The molecule has 6 nitrogen and oxygen atoms in total. The second kappa shape index (κ2) is 8.98. The zero-order valence-corrected chi connectivity index (χ0v) is 16.0. The van der Waals surface area contributed by atoms with Gasteiger partial charge in [0.1, 0.15) is 0 Å². The van der Waals surface area contributed by atoms with Crippen molar-refractivity contribution >= 4 is 32.3 Å². The second-order valence-electron chi connectivity index (χ2n) is 5.90. The molecule has 0 aliphatic heterocycles. The molecule has 0 aliphatic carbocycles. The van der Waals surface area contributed by atoms with Gasteiger partial charge in [-0.25, -0.2) is 21.6 Å². The Morgan fingerprint density at radius 3 is 2.00 bits per heavy atom. The van der Waals surface area contributed by atoms with Crippen molar-refractivity contribution in [3.63, 3.8) is 0 Å². The first-order chi connectivity index (χ1) is 10.0. The maximum absolute atomic E-state index is 12.3. The smallest absolute Gasteiger partial charge is 0.240 e. The average molecular weight is 385 g/mol. The van der Waals surface area contributed by atoms with Crippen LogP contribution in [0.5, 0.6) is 0 Å². The van der Waals surface area contributed by atoms with Crippen LogP contribution in [-0.2, 0) is 25.6 Å². The number of hydrogen-bond acceptors (Lipinski definition) is 5. The highest BCUT2D eigenvalue weighted by Crippen LogP contribution is 2.14. The maximum atomic E-state index is 12.3. The van der Waals surface area contributed by atoms with Crippen molar-refractivity contribution in [2.75, 3.05) is 12.8 Å². The van der Waals surface area contributed by atoms with E-state index in [0.29, 0.717) is 17.9 Å². The summed E-state index contributed by atoms with van der Waals surface area (Å²) in [7, 11) is -6.80. The molecule has 0 aliphatic rings. The Kier molecular flexibility index (Phi) is 8.72.